The smallest absolute Gasteiger partial charge is 0.239 e. The number of benzene rings is 1. The van der Waals surface area contributed by atoms with Crippen LogP contribution in [0.15, 0.2) is 33.8 Å². The van der Waals surface area contributed by atoms with E-state index in [1.165, 1.54) is 25.5 Å². The number of aromatic nitrogens is 1. The summed E-state index contributed by atoms with van der Waals surface area (Å²) in [6.45, 7) is 7.11. The maximum absolute atomic E-state index is 11.6. The van der Waals surface area contributed by atoms with Gasteiger partial charge in [0.05, 0.1) is 11.1 Å². The Morgan fingerprint density at radius 3 is 2.64 bits per heavy atom. The van der Waals surface area contributed by atoms with Gasteiger partial charge in [-0.3, -0.25) is 0 Å². The second-order valence-electron chi connectivity index (χ2n) is 6.83. The van der Waals surface area contributed by atoms with Crippen LogP contribution in [0.3, 0.4) is 0 Å². The Bertz CT molecular complexity index is 917. The van der Waals surface area contributed by atoms with Crippen molar-refractivity contribution >= 4 is 31.8 Å². The van der Waals surface area contributed by atoms with E-state index in [2.05, 4.69) is 33.2 Å². The van der Waals surface area contributed by atoms with Crippen molar-refractivity contribution in [3.8, 4) is 5.75 Å². The van der Waals surface area contributed by atoms with Gasteiger partial charge in [-0.1, -0.05) is 38.3 Å². The van der Waals surface area contributed by atoms with Crippen molar-refractivity contribution in [2.24, 2.45) is 5.14 Å². The summed E-state index contributed by atoms with van der Waals surface area (Å²) < 4.78 is 29.8. The van der Waals surface area contributed by atoms with E-state index >= 15 is 0 Å². The SMILES string of the molecule is CCCCCCOc1cc(C)ccc1CNc1ncc(S(N)(=O)=O)c(C)c1Br. The number of hydrogen-bond acceptors (Lipinski definition) is 5. The number of unbranched alkanes of at least 4 members (excludes halogenated alkanes) is 3. The van der Waals surface area contributed by atoms with Crippen LogP contribution in [0.4, 0.5) is 5.82 Å². The summed E-state index contributed by atoms with van der Waals surface area (Å²) in [6, 6.07) is 6.11. The Morgan fingerprint density at radius 1 is 1.21 bits per heavy atom. The van der Waals surface area contributed by atoms with Gasteiger partial charge in [0, 0.05) is 18.3 Å². The number of rotatable bonds is 10. The van der Waals surface area contributed by atoms with Crippen LogP contribution in [0.5, 0.6) is 5.75 Å². The van der Waals surface area contributed by atoms with Crippen LogP contribution in [0.1, 0.15) is 49.3 Å². The van der Waals surface area contributed by atoms with Gasteiger partial charge in [-0.2, -0.15) is 0 Å². The molecule has 0 amide bonds. The lowest BCUT2D eigenvalue weighted by molar-refractivity contribution is 0.302. The summed E-state index contributed by atoms with van der Waals surface area (Å²) in [5, 5.41) is 8.47. The lowest BCUT2D eigenvalue weighted by Crippen LogP contribution is -2.15. The van der Waals surface area contributed by atoms with Crippen molar-refractivity contribution < 1.29 is 13.2 Å². The van der Waals surface area contributed by atoms with Crippen molar-refractivity contribution in [2.45, 2.75) is 57.9 Å². The first-order valence-corrected chi connectivity index (χ1v) is 11.7. The Kier molecular flexibility index (Phi) is 8.27. The number of halogens is 1. The third-order valence-electron chi connectivity index (χ3n) is 4.45. The van der Waals surface area contributed by atoms with Gasteiger partial charge >= 0.3 is 0 Å². The Balaban J connectivity index is 2.11. The average Bonchev–Trinajstić information content (AvgIpc) is 2.63. The van der Waals surface area contributed by atoms with Crippen LogP contribution in [0.2, 0.25) is 0 Å². The van der Waals surface area contributed by atoms with Crippen LogP contribution in [0, 0.1) is 13.8 Å². The van der Waals surface area contributed by atoms with Gasteiger partial charge in [0.2, 0.25) is 10.0 Å². The van der Waals surface area contributed by atoms with E-state index in [-0.39, 0.29) is 4.90 Å². The molecular formula is C20H28BrN3O3S. The molecule has 0 aliphatic carbocycles. The maximum atomic E-state index is 11.6. The fraction of sp³-hybridized carbons (Fsp3) is 0.450. The molecule has 0 aliphatic heterocycles. The lowest BCUT2D eigenvalue weighted by Gasteiger charge is -2.15. The summed E-state index contributed by atoms with van der Waals surface area (Å²) in [4.78, 5) is 4.22. The van der Waals surface area contributed by atoms with E-state index in [4.69, 9.17) is 9.88 Å². The van der Waals surface area contributed by atoms with Gasteiger partial charge in [0.25, 0.3) is 0 Å². The Morgan fingerprint density at radius 2 is 1.96 bits per heavy atom. The van der Waals surface area contributed by atoms with Gasteiger partial charge < -0.3 is 10.1 Å². The van der Waals surface area contributed by atoms with E-state index in [0.29, 0.717) is 29.0 Å². The molecule has 0 atom stereocenters. The quantitative estimate of drug-likeness (QED) is 0.492. The fourth-order valence-electron chi connectivity index (χ4n) is 2.80. The summed E-state index contributed by atoms with van der Waals surface area (Å²) in [5.41, 5.74) is 2.68. The minimum atomic E-state index is -3.81. The maximum Gasteiger partial charge on any atom is 0.239 e. The molecule has 3 N–H and O–H groups in total. The van der Waals surface area contributed by atoms with Crippen molar-refractivity contribution in [3.63, 3.8) is 0 Å². The van der Waals surface area contributed by atoms with Gasteiger partial charge in [0.15, 0.2) is 0 Å². The van der Waals surface area contributed by atoms with E-state index in [1.807, 2.05) is 25.1 Å². The van der Waals surface area contributed by atoms with Crippen molar-refractivity contribution in [1.82, 2.24) is 4.98 Å². The topological polar surface area (TPSA) is 94.3 Å². The summed E-state index contributed by atoms with van der Waals surface area (Å²) in [5.74, 6) is 1.41. The molecule has 154 valence electrons. The van der Waals surface area contributed by atoms with E-state index in [0.717, 1.165) is 23.3 Å². The standard InChI is InChI=1S/C20H28BrN3O3S/c1-4-5-6-7-10-27-17-11-14(2)8-9-16(17)12-23-20-19(21)15(3)18(13-24-20)28(22,25)26/h8-9,11,13H,4-7,10,12H2,1-3H3,(H,23,24)(H2,22,25,26). The van der Waals surface area contributed by atoms with Crippen molar-refractivity contribution in [2.75, 3.05) is 11.9 Å². The molecule has 1 aromatic carbocycles. The molecule has 0 radical (unpaired) electrons. The Hall–Kier alpha value is -1.64. The Labute approximate surface area is 176 Å². The highest BCUT2D eigenvalue weighted by molar-refractivity contribution is 9.10. The highest BCUT2D eigenvalue weighted by atomic mass is 79.9. The highest BCUT2D eigenvalue weighted by Gasteiger charge is 2.17. The zero-order valence-corrected chi connectivity index (χ0v) is 19.0. The van der Waals surface area contributed by atoms with Crippen LogP contribution in [-0.4, -0.2) is 20.0 Å². The van der Waals surface area contributed by atoms with Crippen molar-refractivity contribution in [1.29, 1.82) is 0 Å². The molecule has 0 bridgehead atoms. The number of sulfonamides is 1. The van der Waals surface area contributed by atoms with E-state index in [1.54, 1.807) is 6.92 Å². The van der Waals surface area contributed by atoms with Crippen LogP contribution < -0.4 is 15.2 Å². The summed E-state index contributed by atoms with van der Waals surface area (Å²) in [6.07, 6.45) is 5.90. The fourth-order valence-corrected chi connectivity index (χ4v) is 4.12. The van der Waals surface area contributed by atoms with Gasteiger partial charge in [-0.25, -0.2) is 18.5 Å². The molecule has 0 saturated carbocycles. The number of pyridine rings is 1. The molecule has 2 rings (SSSR count). The first-order valence-electron chi connectivity index (χ1n) is 9.38. The van der Waals surface area contributed by atoms with E-state index < -0.39 is 10.0 Å². The van der Waals surface area contributed by atoms with Crippen molar-refractivity contribution in [3.05, 3.63) is 45.6 Å². The zero-order chi connectivity index (χ0) is 20.7. The second kappa shape index (κ2) is 10.2. The number of nitrogens with one attached hydrogen (secondary N) is 1. The minimum absolute atomic E-state index is 0.0105. The monoisotopic (exact) mass is 469 g/mol. The number of anilines is 1. The molecule has 0 fully saturated rings. The third kappa shape index (κ3) is 6.18. The number of aryl methyl sites for hydroxylation is 1. The van der Waals surface area contributed by atoms with Gasteiger partial charge in [-0.05, 0) is 53.4 Å². The summed E-state index contributed by atoms with van der Waals surface area (Å²) in [7, 11) is -3.81. The van der Waals surface area contributed by atoms with Gasteiger partial charge in [-0.15, -0.1) is 0 Å². The largest absolute Gasteiger partial charge is 0.493 e. The number of nitrogens with zero attached hydrogens (tertiary/aromatic N) is 1. The molecule has 8 heteroatoms. The van der Waals surface area contributed by atoms with E-state index in [9.17, 15) is 8.42 Å². The minimum Gasteiger partial charge on any atom is -0.493 e. The first-order chi connectivity index (χ1) is 13.2. The zero-order valence-electron chi connectivity index (χ0n) is 16.6. The first kappa shape index (κ1) is 22.6. The molecule has 28 heavy (non-hydrogen) atoms. The molecular weight excluding hydrogens is 442 g/mol. The average molecular weight is 470 g/mol. The molecule has 0 saturated heterocycles. The van der Waals surface area contributed by atoms with Crippen LogP contribution >= 0.6 is 15.9 Å². The van der Waals surface area contributed by atoms with Crippen LogP contribution in [-0.2, 0) is 16.6 Å². The molecule has 6 nitrogen and oxygen atoms in total. The lowest BCUT2D eigenvalue weighted by atomic mass is 10.1. The molecule has 1 aromatic heterocycles. The normalized spacial score (nSPS) is 11.5. The number of primary sulfonamides is 1. The molecule has 0 unspecified atom stereocenters. The molecule has 0 aliphatic rings. The highest BCUT2D eigenvalue weighted by Crippen LogP contribution is 2.29. The molecule has 2 aromatic rings. The number of ether oxygens (including phenoxy) is 1. The second-order valence-corrected chi connectivity index (χ2v) is 9.15. The predicted molar refractivity (Wildman–Crippen MR) is 116 cm³/mol. The number of hydrogen-bond donors (Lipinski definition) is 2. The molecule has 0 spiro atoms. The predicted octanol–water partition coefficient (Wildman–Crippen LogP) is 4.68. The van der Waals surface area contributed by atoms with Gasteiger partial charge in [0.1, 0.15) is 16.5 Å². The third-order valence-corrected chi connectivity index (χ3v) is 6.44. The van der Waals surface area contributed by atoms with Crippen LogP contribution in [0.25, 0.3) is 0 Å². The molecule has 1 heterocycles. The number of nitrogens with two attached hydrogens (primary N) is 1. The summed E-state index contributed by atoms with van der Waals surface area (Å²) >= 11 is 3.42.